The molecule has 0 unspecified atom stereocenters. The van der Waals surface area contributed by atoms with Crippen LogP contribution >= 0.6 is 0 Å². The summed E-state index contributed by atoms with van der Waals surface area (Å²) in [6, 6.07) is 0. The predicted octanol–water partition coefficient (Wildman–Crippen LogP) is 4.97. The average Bonchev–Trinajstić information content (AvgIpc) is 2.71. The summed E-state index contributed by atoms with van der Waals surface area (Å²) in [5, 5.41) is 10.5. The Bertz CT molecular complexity index is 213. The molecule has 0 aromatic heterocycles. The van der Waals surface area contributed by atoms with Crippen molar-refractivity contribution in [3.8, 4) is 0 Å². The van der Waals surface area contributed by atoms with Crippen molar-refractivity contribution in [1.82, 2.24) is 0 Å². The number of hydrogen-bond acceptors (Lipinski definition) is 0. The van der Waals surface area contributed by atoms with Crippen molar-refractivity contribution in [3.63, 3.8) is 0 Å². The second-order valence-electron chi connectivity index (χ2n) is 5.39. The Labute approximate surface area is 146 Å². The number of nitrogens with zero attached hydrogens (tertiary/aromatic N) is 3. The molecule has 0 aliphatic heterocycles. The second kappa shape index (κ2) is 21.5. The van der Waals surface area contributed by atoms with E-state index in [1.54, 1.807) is 42.3 Å². The third-order valence-electron chi connectivity index (χ3n) is 1.49. The van der Waals surface area contributed by atoms with E-state index in [0.29, 0.717) is 5.41 Å². The van der Waals surface area contributed by atoms with Gasteiger partial charge in [0.25, 0.3) is 0 Å². The molecule has 0 radical (unpaired) electrons. The summed E-state index contributed by atoms with van der Waals surface area (Å²) >= 11 is 0. The van der Waals surface area contributed by atoms with Crippen LogP contribution in [0, 0.1) is 11.5 Å². The monoisotopic (exact) mass is 447 g/mol. The van der Waals surface area contributed by atoms with Crippen molar-refractivity contribution < 1.29 is 25.8 Å². The molecule has 0 atom stereocenters. The third-order valence-corrected chi connectivity index (χ3v) is 1.49. The normalized spacial score (nSPS) is 11.6. The molecular weight excluding hydrogens is 413 g/mol. The molecular formula is C16H33HfN3. The van der Waals surface area contributed by atoms with E-state index in [1.807, 2.05) is 0 Å². The first-order chi connectivity index (χ1) is 8.82. The van der Waals surface area contributed by atoms with Crippen LogP contribution in [-0.4, -0.2) is 42.3 Å². The second-order valence-corrected chi connectivity index (χ2v) is 5.39. The van der Waals surface area contributed by atoms with Gasteiger partial charge >= 0.3 is 25.8 Å². The number of hydrogen-bond donors (Lipinski definition) is 0. The molecule has 1 rings (SSSR count). The molecule has 3 nitrogen and oxygen atoms in total. The fourth-order valence-electron chi connectivity index (χ4n) is 1.14. The van der Waals surface area contributed by atoms with Gasteiger partial charge in [0.2, 0.25) is 0 Å². The topological polar surface area (TPSA) is 42.3 Å². The van der Waals surface area contributed by atoms with Gasteiger partial charge in [-0.3, -0.25) is 6.08 Å². The van der Waals surface area contributed by atoms with E-state index >= 15 is 0 Å². The fraction of sp³-hybridized carbons (Fsp3) is 0.750. The first kappa shape index (κ1) is 28.4. The van der Waals surface area contributed by atoms with Gasteiger partial charge in [0.1, 0.15) is 0 Å². The Morgan fingerprint density at radius 3 is 1.50 bits per heavy atom. The van der Waals surface area contributed by atoms with E-state index in [4.69, 9.17) is 0 Å². The van der Waals surface area contributed by atoms with Crippen LogP contribution in [0.1, 0.15) is 33.6 Å². The van der Waals surface area contributed by atoms with Gasteiger partial charge < -0.3 is 16.0 Å². The van der Waals surface area contributed by atoms with Crippen LogP contribution < -0.4 is 0 Å². The van der Waals surface area contributed by atoms with Crippen molar-refractivity contribution in [2.75, 3.05) is 42.3 Å². The Kier molecular flexibility index (Phi) is 30.6. The summed E-state index contributed by atoms with van der Waals surface area (Å²) < 4.78 is 0. The van der Waals surface area contributed by atoms with Crippen LogP contribution in [0.15, 0.2) is 17.7 Å². The largest absolute Gasteiger partial charge is 4.00 e. The molecule has 0 N–H and O–H groups in total. The first-order valence-corrected chi connectivity index (χ1v) is 6.52. The van der Waals surface area contributed by atoms with E-state index in [-0.39, 0.29) is 25.8 Å². The molecule has 1 aliphatic rings. The molecule has 0 spiro atoms. The summed E-state index contributed by atoms with van der Waals surface area (Å²) in [5.41, 5.74) is 1.80. The zero-order valence-corrected chi connectivity index (χ0v) is 18.5. The predicted molar refractivity (Wildman–Crippen MR) is 90.2 cm³/mol. The SMILES string of the molecule is CC(C)(C)CC1=[C-]CC=C1.C[N-]C.C[N-]C.C[N-]C.[Hf+4]. The van der Waals surface area contributed by atoms with Crippen molar-refractivity contribution in [2.24, 2.45) is 5.41 Å². The molecule has 0 heterocycles. The number of rotatable bonds is 1. The van der Waals surface area contributed by atoms with Gasteiger partial charge in [-0.1, -0.05) is 27.2 Å². The van der Waals surface area contributed by atoms with E-state index in [0.717, 1.165) is 12.8 Å². The smallest absolute Gasteiger partial charge is 0.668 e. The van der Waals surface area contributed by atoms with Crippen molar-refractivity contribution in [1.29, 1.82) is 0 Å². The molecule has 0 fully saturated rings. The summed E-state index contributed by atoms with van der Waals surface area (Å²) in [6.45, 7) is 6.77. The van der Waals surface area contributed by atoms with E-state index in [2.05, 4.69) is 54.9 Å². The summed E-state index contributed by atoms with van der Waals surface area (Å²) in [5.74, 6) is 0. The van der Waals surface area contributed by atoms with E-state index < -0.39 is 0 Å². The Morgan fingerprint density at radius 2 is 1.30 bits per heavy atom. The molecule has 0 saturated heterocycles. The van der Waals surface area contributed by atoms with E-state index in [1.165, 1.54) is 5.57 Å². The minimum Gasteiger partial charge on any atom is -0.668 e. The van der Waals surface area contributed by atoms with Gasteiger partial charge in [0.15, 0.2) is 0 Å². The quantitative estimate of drug-likeness (QED) is 0.404. The van der Waals surface area contributed by atoms with Crippen molar-refractivity contribution >= 4 is 0 Å². The first-order valence-electron chi connectivity index (χ1n) is 6.52. The van der Waals surface area contributed by atoms with Gasteiger partial charge in [-0.2, -0.15) is 48.4 Å². The van der Waals surface area contributed by atoms with Crippen molar-refractivity contribution in [2.45, 2.75) is 33.6 Å². The van der Waals surface area contributed by atoms with Gasteiger partial charge in [-0.15, -0.1) is 6.42 Å². The van der Waals surface area contributed by atoms with Gasteiger partial charge in [-0.25, -0.2) is 11.6 Å². The molecule has 0 bridgehead atoms. The minimum absolute atomic E-state index is 0. The number of allylic oxidation sites excluding steroid dienone is 4. The van der Waals surface area contributed by atoms with Gasteiger partial charge in [0.05, 0.1) is 0 Å². The van der Waals surface area contributed by atoms with Crippen LogP contribution in [0.3, 0.4) is 0 Å². The van der Waals surface area contributed by atoms with Gasteiger partial charge in [0, 0.05) is 0 Å². The molecule has 0 amide bonds. The van der Waals surface area contributed by atoms with Crippen LogP contribution in [0.5, 0.6) is 0 Å². The summed E-state index contributed by atoms with van der Waals surface area (Å²) in [7, 11) is 10.5. The fourth-order valence-corrected chi connectivity index (χ4v) is 1.14. The zero-order valence-electron chi connectivity index (χ0n) is 14.9. The Hall–Kier alpha value is 0.230. The van der Waals surface area contributed by atoms with Crippen molar-refractivity contribution in [3.05, 3.63) is 39.8 Å². The molecule has 1 aliphatic carbocycles. The zero-order chi connectivity index (χ0) is 15.7. The van der Waals surface area contributed by atoms with E-state index in [9.17, 15) is 0 Å². The standard InChI is InChI=1S/C10H15.3C2H6N.Hf/c1-10(2,3)8-9-6-4-5-7-9;3*1-3-2;/h4,6H,5,8H2,1-3H3;3*1-2H3;/q4*-1;+4. The van der Waals surface area contributed by atoms with Crippen LogP contribution in [0.4, 0.5) is 0 Å². The molecule has 4 heteroatoms. The third kappa shape index (κ3) is 36.2. The maximum Gasteiger partial charge on any atom is 4.00 e. The summed E-state index contributed by atoms with van der Waals surface area (Å²) in [4.78, 5) is 0. The van der Waals surface area contributed by atoms with Gasteiger partial charge in [-0.05, 0) is 5.41 Å². The van der Waals surface area contributed by atoms with Crippen LogP contribution in [0.2, 0.25) is 0 Å². The van der Waals surface area contributed by atoms with Crippen LogP contribution in [-0.2, 0) is 25.8 Å². The average molecular weight is 446 g/mol. The minimum atomic E-state index is 0. The Balaban J connectivity index is -0.000000108. The van der Waals surface area contributed by atoms with Crippen LogP contribution in [0.25, 0.3) is 16.0 Å². The maximum atomic E-state index is 3.50. The maximum absolute atomic E-state index is 3.50. The molecule has 0 aromatic rings. The Morgan fingerprint density at radius 1 is 0.950 bits per heavy atom. The molecule has 0 aromatic carbocycles. The molecule has 20 heavy (non-hydrogen) atoms. The summed E-state index contributed by atoms with van der Waals surface area (Å²) in [6.07, 6.45) is 9.85. The molecule has 116 valence electrons. The molecule has 0 saturated carbocycles.